The molecule has 1 aromatic heterocycles. The SMILES string of the molecule is Cn1cc(C(N)C(=O)N2CCC(C)(C)C2)cn1. The second-order valence-electron chi connectivity index (χ2n) is 5.60. The van der Waals surface area contributed by atoms with E-state index in [0.29, 0.717) is 0 Å². The second kappa shape index (κ2) is 4.14. The monoisotopic (exact) mass is 236 g/mol. The molecule has 1 aromatic rings. The number of likely N-dealkylation sites (tertiary alicyclic amines) is 1. The van der Waals surface area contributed by atoms with Crippen molar-refractivity contribution in [1.29, 1.82) is 0 Å². The van der Waals surface area contributed by atoms with Gasteiger partial charge in [-0.2, -0.15) is 5.10 Å². The average molecular weight is 236 g/mol. The van der Waals surface area contributed by atoms with Gasteiger partial charge in [0, 0.05) is 31.9 Å². The molecule has 1 aliphatic heterocycles. The van der Waals surface area contributed by atoms with Crippen LogP contribution in [0.4, 0.5) is 0 Å². The highest BCUT2D eigenvalue weighted by Gasteiger charge is 2.34. The molecular formula is C12H20N4O. The van der Waals surface area contributed by atoms with Gasteiger partial charge in [-0.3, -0.25) is 9.48 Å². The number of amides is 1. The molecule has 0 bridgehead atoms. The van der Waals surface area contributed by atoms with Crippen LogP contribution in [-0.2, 0) is 11.8 Å². The van der Waals surface area contributed by atoms with E-state index < -0.39 is 6.04 Å². The number of nitrogens with zero attached hydrogens (tertiary/aromatic N) is 3. The smallest absolute Gasteiger partial charge is 0.244 e. The molecule has 1 saturated heterocycles. The lowest BCUT2D eigenvalue weighted by molar-refractivity contribution is -0.132. The molecule has 2 N–H and O–H groups in total. The van der Waals surface area contributed by atoms with Gasteiger partial charge in [-0.25, -0.2) is 0 Å². The first kappa shape index (κ1) is 12.1. The first-order chi connectivity index (χ1) is 7.89. The zero-order chi connectivity index (χ0) is 12.6. The molecule has 1 unspecified atom stereocenters. The molecule has 5 nitrogen and oxygen atoms in total. The summed E-state index contributed by atoms with van der Waals surface area (Å²) in [7, 11) is 1.82. The number of nitrogens with two attached hydrogens (primary N) is 1. The van der Waals surface area contributed by atoms with E-state index in [-0.39, 0.29) is 11.3 Å². The molecule has 0 saturated carbocycles. The van der Waals surface area contributed by atoms with Crippen LogP contribution in [0.15, 0.2) is 12.4 Å². The number of aromatic nitrogens is 2. The van der Waals surface area contributed by atoms with Gasteiger partial charge < -0.3 is 10.6 Å². The van der Waals surface area contributed by atoms with Crippen LogP contribution in [0.1, 0.15) is 31.9 Å². The third-order valence-corrected chi connectivity index (χ3v) is 3.34. The van der Waals surface area contributed by atoms with Crippen molar-refractivity contribution in [1.82, 2.24) is 14.7 Å². The Bertz CT molecular complexity index is 424. The van der Waals surface area contributed by atoms with Gasteiger partial charge in [0.1, 0.15) is 6.04 Å². The maximum atomic E-state index is 12.2. The maximum absolute atomic E-state index is 12.2. The van der Waals surface area contributed by atoms with Crippen LogP contribution in [0.25, 0.3) is 0 Å². The van der Waals surface area contributed by atoms with Crippen LogP contribution >= 0.6 is 0 Å². The molecule has 1 aliphatic rings. The third kappa shape index (κ3) is 2.49. The van der Waals surface area contributed by atoms with Gasteiger partial charge in [0.2, 0.25) is 5.91 Å². The Morgan fingerprint density at radius 1 is 1.59 bits per heavy atom. The zero-order valence-electron chi connectivity index (χ0n) is 10.7. The van der Waals surface area contributed by atoms with E-state index in [1.165, 1.54) is 0 Å². The van der Waals surface area contributed by atoms with Crippen LogP contribution in [0.5, 0.6) is 0 Å². The molecule has 0 radical (unpaired) electrons. The molecule has 0 aromatic carbocycles. The minimum Gasteiger partial charge on any atom is -0.340 e. The lowest BCUT2D eigenvalue weighted by Crippen LogP contribution is -2.37. The number of aryl methyl sites for hydroxylation is 1. The van der Waals surface area contributed by atoms with Crippen LogP contribution in [0.3, 0.4) is 0 Å². The molecule has 0 spiro atoms. The highest BCUT2D eigenvalue weighted by Crippen LogP contribution is 2.30. The quantitative estimate of drug-likeness (QED) is 0.821. The standard InChI is InChI=1S/C12H20N4O/c1-12(2)4-5-16(8-12)11(17)10(13)9-6-14-15(3)7-9/h6-7,10H,4-5,8,13H2,1-3H3. The topological polar surface area (TPSA) is 64.2 Å². The summed E-state index contributed by atoms with van der Waals surface area (Å²) in [5.74, 6) is 0.00331. The Labute approximate surface area is 102 Å². The van der Waals surface area contributed by atoms with Gasteiger partial charge in [0.05, 0.1) is 6.20 Å². The van der Waals surface area contributed by atoms with E-state index in [0.717, 1.165) is 25.1 Å². The van der Waals surface area contributed by atoms with Crippen LogP contribution in [-0.4, -0.2) is 33.7 Å². The van der Waals surface area contributed by atoms with Crippen LogP contribution in [0, 0.1) is 5.41 Å². The van der Waals surface area contributed by atoms with Gasteiger partial charge in [0.25, 0.3) is 0 Å². The molecule has 94 valence electrons. The van der Waals surface area contributed by atoms with Gasteiger partial charge in [0.15, 0.2) is 0 Å². The fourth-order valence-corrected chi connectivity index (χ4v) is 2.24. The summed E-state index contributed by atoms with van der Waals surface area (Å²) in [6.45, 7) is 5.95. The van der Waals surface area contributed by atoms with Crippen molar-refractivity contribution in [3.63, 3.8) is 0 Å². The van der Waals surface area contributed by atoms with Gasteiger partial charge in [-0.15, -0.1) is 0 Å². The van der Waals surface area contributed by atoms with Gasteiger partial charge in [-0.05, 0) is 11.8 Å². The predicted octanol–water partition coefficient (Wildman–Crippen LogP) is 0.678. The molecule has 5 heteroatoms. The van der Waals surface area contributed by atoms with Crippen LogP contribution < -0.4 is 5.73 Å². The average Bonchev–Trinajstić information content (AvgIpc) is 2.82. The van der Waals surface area contributed by atoms with E-state index in [1.807, 2.05) is 11.9 Å². The highest BCUT2D eigenvalue weighted by molar-refractivity contribution is 5.83. The van der Waals surface area contributed by atoms with E-state index in [1.54, 1.807) is 17.1 Å². The normalized spacial score (nSPS) is 20.6. The zero-order valence-corrected chi connectivity index (χ0v) is 10.7. The number of carbonyl (C=O) groups excluding carboxylic acids is 1. The summed E-state index contributed by atoms with van der Waals surface area (Å²) in [4.78, 5) is 14.1. The Kier molecular flexibility index (Phi) is 2.95. The molecule has 1 atom stereocenters. The van der Waals surface area contributed by atoms with Crippen molar-refractivity contribution in [2.75, 3.05) is 13.1 Å². The first-order valence-corrected chi connectivity index (χ1v) is 5.92. The van der Waals surface area contributed by atoms with Gasteiger partial charge >= 0.3 is 0 Å². The van der Waals surface area contributed by atoms with Crippen LogP contribution in [0.2, 0.25) is 0 Å². The summed E-state index contributed by atoms with van der Waals surface area (Å²) in [5.41, 5.74) is 6.97. The Hall–Kier alpha value is -1.36. The van der Waals surface area contributed by atoms with E-state index in [4.69, 9.17) is 5.73 Å². The number of carbonyl (C=O) groups is 1. The molecule has 2 heterocycles. The third-order valence-electron chi connectivity index (χ3n) is 3.34. The summed E-state index contributed by atoms with van der Waals surface area (Å²) in [5, 5.41) is 4.04. The Morgan fingerprint density at radius 3 is 2.76 bits per heavy atom. The summed E-state index contributed by atoms with van der Waals surface area (Å²) in [6, 6.07) is -0.586. The van der Waals surface area contributed by atoms with Crippen molar-refractivity contribution in [2.24, 2.45) is 18.2 Å². The van der Waals surface area contributed by atoms with E-state index >= 15 is 0 Å². The van der Waals surface area contributed by atoms with E-state index in [2.05, 4.69) is 18.9 Å². The number of rotatable bonds is 2. The summed E-state index contributed by atoms with van der Waals surface area (Å²) in [6.07, 6.45) is 4.49. The van der Waals surface area contributed by atoms with Crippen molar-refractivity contribution in [3.05, 3.63) is 18.0 Å². The lowest BCUT2D eigenvalue weighted by Gasteiger charge is -2.22. The molecule has 1 amide bonds. The predicted molar refractivity (Wildman–Crippen MR) is 65.1 cm³/mol. The molecule has 0 aliphatic carbocycles. The molecule has 2 rings (SSSR count). The maximum Gasteiger partial charge on any atom is 0.244 e. The first-order valence-electron chi connectivity index (χ1n) is 5.92. The minimum absolute atomic E-state index is 0.00331. The fourth-order valence-electron chi connectivity index (χ4n) is 2.24. The fraction of sp³-hybridized carbons (Fsp3) is 0.667. The van der Waals surface area contributed by atoms with Crippen molar-refractivity contribution in [2.45, 2.75) is 26.3 Å². The van der Waals surface area contributed by atoms with Crippen molar-refractivity contribution in [3.8, 4) is 0 Å². The second-order valence-corrected chi connectivity index (χ2v) is 5.60. The minimum atomic E-state index is -0.586. The Morgan fingerprint density at radius 2 is 2.29 bits per heavy atom. The largest absolute Gasteiger partial charge is 0.340 e. The van der Waals surface area contributed by atoms with E-state index in [9.17, 15) is 4.79 Å². The lowest BCUT2D eigenvalue weighted by atomic mass is 9.93. The Balaban J connectivity index is 2.06. The van der Waals surface area contributed by atoms with Crippen molar-refractivity contribution >= 4 is 5.91 Å². The highest BCUT2D eigenvalue weighted by atomic mass is 16.2. The summed E-state index contributed by atoms with van der Waals surface area (Å²) < 4.78 is 1.66. The van der Waals surface area contributed by atoms with Gasteiger partial charge in [-0.1, -0.05) is 13.8 Å². The molecule has 1 fully saturated rings. The summed E-state index contributed by atoms with van der Waals surface area (Å²) >= 11 is 0. The number of hydrogen-bond donors (Lipinski definition) is 1. The molecule has 17 heavy (non-hydrogen) atoms. The molecular weight excluding hydrogens is 216 g/mol. The van der Waals surface area contributed by atoms with Crippen molar-refractivity contribution < 1.29 is 4.79 Å². The number of hydrogen-bond acceptors (Lipinski definition) is 3.